The van der Waals surface area contributed by atoms with Crippen molar-refractivity contribution >= 4 is 35.5 Å². The number of thioether (sulfide) groups is 1. The van der Waals surface area contributed by atoms with Crippen LogP contribution in [0.4, 0.5) is 0 Å². The van der Waals surface area contributed by atoms with E-state index in [-0.39, 0.29) is 25.3 Å². The first kappa shape index (κ1) is 18.2. The van der Waals surface area contributed by atoms with Crippen LogP contribution in [0.25, 0.3) is 0 Å². The maximum atomic E-state index is 11.9. The smallest absolute Gasteiger partial charge is 0.345 e. The molecule has 0 aromatic rings. The molecule has 0 saturated carbocycles. The lowest BCUT2D eigenvalue weighted by molar-refractivity contribution is -0.196. The molecule has 1 unspecified atom stereocenters. The molecule has 1 saturated heterocycles. The fourth-order valence-corrected chi connectivity index (χ4v) is 2.71. The summed E-state index contributed by atoms with van der Waals surface area (Å²) >= 11 is 1.37. The quantitative estimate of drug-likeness (QED) is 0.497. The predicted molar refractivity (Wildman–Crippen MR) is 81.5 cm³/mol. The molecule has 1 heterocycles. The van der Waals surface area contributed by atoms with Gasteiger partial charge in [0, 0.05) is 6.42 Å². The van der Waals surface area contributed by atoms with E-state index in [9.17, 15) is 19.2 Å². The first-order valence-corrected chi connectivity index (χ1v) is 8.11. The molecule has 1 rings (SSSR count). The molecule has 0 bridgehead atoms. The Morgan fingerprint density at radius 1 is 1.50 bits per heavy atom. The van der Waals surface area contributed by atoms with Crippen molar-refractivity contribution in [2.45, 2.75) is 37.9 Å². The van der Waals surface area contributed by atoms with Crippen LogP contribution in [0.5, 0.6) is 0 Å². The molecule has 1 aliphatic heterocycles. The number of imide groups is 1. The van der Waals surface area contributed by atoms with Crippen molar-refractivity contribution in [2.75, 3.05) is 12.3 Å². The summed E-state index contributed by atoms with van der Waals surface area (Å²) in [7, 11) is 0. The first-order chi connectivity index (χ1) is 10.5. The van der Waals surface area contributed by atoms with Crippen LogP contribution in [0.3, 0.4) is 0 Å². The van der Waals surface area contributed by atoms with E-state index in [1.54, 1.807) is 6.08 Å². The summed E-state index contributed by atoms with van der Waals surface area (Å²) in [5, 5.41) is 2.36. The molecular weight excluding hydrogens is 308 g/mol. The van der Waals surface area contributed by atoms with Crippen LogP contribution in [-0.2, 0) is 24.0 Å². The topological polar surface area (TPSA) is 92.8 Å². The van der Waals surface area contributed by atoms with Gasteiger partial charge in [-0.2, -0.15) is 0 Å². The largest absolute Gasteiger partial charge is 0.352 e. The third-order valence-electron chi connectivity index (χ3n) is 2.78. The molecule has 8 heteroatoms. The summed E-state index contributed by atoms with van der Waals surface area (Å²) in [5.41, 5.74) is 0. The number of nitrogens with zero attached hydrogens (tertiary/aromatic N) is 1. The lowest BCUT2D eigenvalue weighted by atomic mass is 10.3. The molecule has 1 N–H and O–H groups in total. The number of carbonyl (C=O) groups excluding carboxylic acids is 4. The summed E-state index contributed by atoms with van der Waals surface area (Å²) in [5.74, 6) is -1.48. The van der Waals surface area contributed by atoms with Gasteiger partial charge in [0.1, 0.15) is 6.54 Å². The van der Waals surface area contributed by atoms with Crippen LogP contribution in [-0.4, -0.2) is 46.3 Å². The van der Waals surface area contributed by atoms with Gasteiger partial charge in [-0.25, -0.2) is 4.79 Å². The van der Waals surface area contributed by atoms with E-state index >= 15 is 0 Å². The maximum absolute atomic E-state index is 11.9. The number of carbonyl (C=O) groups is 4. The zero-order valence-corrected chi connectivity index (χ0v) is 13.3. The summed E-state index contributed by atoms with van der Waals surface area (Å²) in [6.07, 6.45) is 3.23. The van der Waals surface area contributed by atoms with Crippen LogP contribution in [0.2, 0.25) is 0 Å². The maximum Gasteiger partial charge on any atom is 0.352 e. The van der Waals surface area contributed by atoms with Gasteiger partial charge < -0.3 is 10.2 Å². The first-order valence-electron chi connectivity index (χ1n) is 7.06. The third-order valence-corrected chi connectivity index (χ3v) is 4.20. The Morgan fingerprint density at radius 2 is 2.23 bits per heavy atom. The number of rotatable bonds is 9. The van der Waals surface area contributed by atoms with Crippen molar-refractivity contribution in [2.24, 2.45) is 0 Å². The number of hydrogen-bond donors (Lipinski definition) is 1. The van der Waals surface area contributed by atoms with Crippen molar-refractivity contribution in [3.63, 3.8) is 0 Å². The van der Waals surface area contributed by atoms with Crippen molar-refractivity contribution in [1.29, 1.82) is 0 Å². The molecule has 1 fully saturated rings. The molecule has 0 spiro atoms. The van der Waals surface area contributed by atoms with E-state index in [1.165, 1.54) is 11.8 Å². The molecule has 1 atom stereocenters. The van der Waals surface area contributed by atoms with Crippen LogP contribution in [0.1, 0.15) is 32.6 Å². The SMILES string of the molecule is C=CCCC(=O)NCC(=O)ON1C(=O)CC(SCCC)C1=O. The van der Waals surface area contributed by atoms with Gasteiger partial charge in [-0.15, -0.1) is 23.4 Å². The van der Waals surface area contributed by atoms with Gasteiger partial charge in [0.25, 0.3) is 11.8 Å². The fourth-order valence-electron chi connectivity index (χ4n) is 1.70. The Balaban J connectivity index is 2.40. The summed E-state index contributed by atoms with van der Waals surface area (Å²) in [4.78, 5) is 51.3. The van der Waals surface area contributed by atoms with Crippen molar-refractivity contribution < 1.29 is 24.0 Å². The highest BCUT2D eigenvalue weighted by atomic mass is 32.2. The second-order valence-electron chi connectivity index (χ2n) is 4.66. The van der Waals surface area contributed by atoms with Gasteiger partial charge in [0.2, 0.25) is 5.91 Å². The van der Waals surface area contributed by atoms with Crippen LogP contribution in [0, 0.1) is 0 Å². The Labute approximate surface area is 133 Å². The Morgan fingerprint density at radius 3 is 2.86 bits per heavy atom. The minimum atomic E-state index is -0.852. The molecule has 7 nitrogen and oxygen atoms in total. The van der Waals surface area contributed by atoms with E-state index in [4.69, 9.17) is 4.84 Å². The Kier molecular flexibility index (Phi) is 7.65. The lowest BCUT2D eigenvalue weighted by Gasteiger charge is -2.14. The highest BCUT2D eigenvalue weighted by Crippen LogP contribution is 2.25. The molecule has 3 amide bonds. The summed E-state index contributed by atoms with van der Waals surface area (Å²) in [6.45, 7) is 5.07. The summed E-state index contributed by atoms with van der Waals surface area (Å²) in [6, 6.07) is 0. The van der Waals surface area contributed by atoms with Gasteiger partial charge in [-0.05, 0) is 18.6 Å². The van der Waals surface area contributed by atoms with E-state index in [1.807, 2.05) is 6.92 Å². The highest BCUT2D eigenvalue weighted by Gasteiger charge is 2.41. The van der Waals surface area contributed by atoms with E-state index in [0.717, 1.165) is 12.2 Å². The van der Waals surface area contributed by atoms with Crippen LogP contribution >= 0.6 is 11.8 Å². The number of allylic oxidation sites excluding steroid dienone is 1. The minimum Gasteiger partial charge on any atom is -0.345 e. The monoisotopic (exact) mass is 328 g/mol. The van der Waals surface area contributed by atoms with Crippen molar-refractivity contribution in [3.8, 4) is 0 Å². The van der Waals surface area contributed by atoms with Gasteiger partial charge in [-0.1, -0.05) is 13.0 Å². The predicted octanol–water partition coefficient (Wildman–Crippen LogP) is 0.798. The highest BCUT2D eigenvalue weighted by molar-refractivity contribution is 8.00. The molecule has 22 heavy (non-hydrogen) atoms. The Bertz CT molecular complexity index is 466. The number of amides is 3. The van der Waals surface area contributed by atoms with Crippen LogP contribution in [0.15, 0.2) is 12.7 Å². The molecule has 0 aromatic heterocycles. The molecule has 122 valence electrons. The van der Waals surface area contributed by atoms with Crippen LogP contribution < -0.4 is 5.32 Å². The van der Waals surface area contributed by atoms with Gasteiger partial charge >= 0.3 is 5.97 Å². The molecule has 0 radical (unpaired) electrons. The zero-order valence-electron chi connectivity index (χ0n) is 12.5. The van der Waals surface area contributed by atoms with E-state index < -0.39 is 23.0 Å². The van der Waals surface area contributed by atoms with E-state index in [0.29, 0.717) is 11.5 Å². The minimum absolute atomic E-state index is 0.0302. The average Bonchev–Trinajstić information content (AvgIpc) is 2.76. The summed E-state index contributed by atoms with van der Waals surface area (Å²) < 4.78 is 0. The molecule has 0 aliphatic carbocycles. The Hall–Kier alpha value is -1.83. The zero-order chi connectivity index (χ0) is 16.5. The lowest BCUT2D eigenvalue weighted by Crippen LogP contribution is -2.38. The molecular formula is C14H20N2O5S. The van der Waals surface area contributed by atoms with E-state index in [2.05, 4.69) is 11.9 Å². The van der Waals surface area contributed by atoms with Crippen molar-refractivity contribution in [1.82, 2.24) is 10.4 Å². The molecule has 1 aliphatic rings. The molecule has 0 aromatic carbocycles. The number of hydrogen-bond acceptors (Lipinski definition) is 6. The standard InChI is InChI=1S/C14H20N2O5S/c1-3-5-6-11(17)15-9-13(19)21-16-12(18)8-10(14(16)20)22-7-4-2/h3,10H,1,4-9H2,2H3,(H,15,17). The second kappa shape index (κ2) is 9.24. The fraction of sp³-hybridized carbons (Fsp3) is 0.571. The number of nitrogens with one attached hydrogen (secondary N) is 1. The second-order valence-corrected chi connectivity index (χ2v) is 5.97. The van der Waals surface area contributed by atoms with Gasteiger partial charge in [0.15, 0.2) is 0 Å². The van der Waals surface area contributed by atoms with Crippen molar-refractivity contribution in [3.05, 3.63) is 12.7 Å². The third kappa shape index (κ3) is 5.51. The average molecular weight is 328 g/mol. The van der Waals surface area contributed by atoms with Gasteiger partial charge in [0.05, 0.1) is 11.7 Å². The number of hydroxylamine groups is 2. The van der Waals surface area contributed by atoms with Gasteiger partial charge in [-0.3, -0.25) is 14.4 Å². The normalized spacial score (nSPS) is 17.5.